The van der Waals surface area contributed by atoms with E-state index in [1.807, 2.05) is 32.0 Å². The van der Waals surface area contributed by atoms with Crippen molar-refractivity contribution >= 4 is 5.78 Å². The van der Waals surface area contributed by atoms with Gasteiger partial charge in [0.05, 0.1) is 12.6 Å². The Morgan fingerprint density at radius 3 is 2.74 bits per heavy atom. The summed E-state index contributed by atoms with van der Waals surface area (Å²) in [5, 5.41) is 9.86. The number of aliphatic hydroxyl groups is 1. The first kappa shape index (κ1) is 14.2. The number of β-amino-alcohol motifs (C(OH)–C–C–N with tert-alkyl or cyclic N) is 1. The van der Waals surface area contributed by atoms with Crippen molar-refractivity contribution in [2.45, 2.75) is 33.3 Å². The molecule has 104 valence electrons. The van der Waals surface area contributed by atoms with Crippen LogP contribution in [-0.2, 0) is 0 Å². The van der Waals surface area contributed by atoms with E-state index in [1.54, 1.807) is 0 Å². The molecule has 1 fully saturated rings. The summed E-state index contributed by atoms with van der Waals surface area (Å²) in [6.07, 6.45) is 0.655. The molecule has 0 bridgehead atoms. The third-order valence-electron chi connectivity index (χ3n) is 4.20. The van der Waals surface area contributed by atoms with Gasteiger partial charge in [0.2, 0.25) is 0 Å². The van der Waals surface area contributed by atoms with E-state index in [4.69, 9.17) is 0 Å². The summed E-state index contributed by atoms with van der Waals surface area (Å²) >= 11 is 0. The minimum Gasteiger partial charge on any atom is -0.392 e. The van der Waals surface area contributed by atoms with Gasteiger partial charge in [-0.2, -0.15) is 0 Å². The van der Waals surface area contributed by atoms with Gasteiger partial charge < -0.3 is 5.11 Å². The van der Waals surface area contributed by atoms with Crippen LogP contribution in [0.4, 0.5) is 0 Å². The van der Waals surface area contributed by atoms with Crippen LogP contribution in [0, 0.1) is 19.8 Å². The fourth-order valence-electron chi connectivity index (χ4n) is 2.47. The summed E-state index contributed by atoms with van der Waals surface area (Å²) < 4.78 is 0. The van der Waals surface area contributed by atoms with Crippen LogP contribution in [0.3, 0.4) is 0 Å². The second kappa shape index (κ2) is 5.85. The van der Waals surface area contributed by atoms with E-state index in [0.29, 0.717) is 19.0 Å². The number of Topliss-reactive ketones (excluding diaryl/α,β-unsaturated/α-hetero) is 1. The zero-order valence-corrected chi connectivity index (χ0v) is 12.0. The lowest BCUT2D eigenvalue weighted by molar-refractivity contribution is 0.0295. The van der Waals surface area contributed by atoms with Gasteiger partial charge in [0, 0.05) is 12.1 Å². The Morgan fingerprint density at radius 2 is 2.11 bits per heavy atom. The van der Waals surface area contributed by atoms with Crippen molar-refractivity contribution in [3.63, 3.8) is 0 Å². The van der Waals surface area contributed by atoms with Gasteiger partial charge in [0.25, 0.3) is 0 Å². The van der Waals surface area contributed by atoms with Gasteiger partial charge in [-0.05, 0) is 49.9 Å². The average molecular weight is 261 g/mol. The van der Waals surface area contributed by atoms with Crippen molar-refractivity contribution < 1.29 is 9.90 Å². The van der Waals surface area contributed by atoms with Crippen LogP contribution in [0.1, 0.15) is 34.8 Å². The SMILES string of the molecule is Cc1ccc(C(=O)CN2CCC(C)C(O)C2)cc1C. The molecule has 19 heavy (non-hydrogen) atoms. The van der Waals surface area contributed by atoms with E-state index >= 15 is 0 Å². The predicted octanol–water partition coefficient (Wildman–Crippen LogP) is 2.19. The molecule has 2 unspecified atom stereocenters. The number of carbonyl (C=O) groups excluding carboxylic acids is 1. The predicted molar refractivity (Wildman–Crippen MR) is 76.5 cm³/mol. The third kappa shape index (κ3) is 3.43. The molecule has 0 spiro atoms. The molecule has 0 amide bonds. The van der Waals surface area contributed by atoms with Crippen LogP contribution >= 0.6 is 0 Å². The average Bonchev–Trinajstić information content (AvgIpc) is 2.37. The van der Waals surface area contributed by atoms with E-state index in [2.05, 4.69) is 11.8 Å². The molecular weight excluding hydrogens is 238 g/mol. The normalized spacial score (nSPS) is 24.4. The van der Waals surface area contributed by atoms with Gasteiger partial charge in [0.1, 0.15) is 0 Å². The Bertz CT molecular complexity index is 470. The van der Waals surface area contributed by atoms with Crippen LogP contribution in [0.15, 0.2) is 18.2 Å². The highest BCUT2D eigenvalue weighted by Crippen LogP contribution is 2.18. The summed E-state index contributed by atoms with van der Waals surface area (Å²) in [7, 11) is 0. The quantitative estimate of drug-likeness (QED) is 0.848. The highest BCUT2D eigenvalue weighted by atomic mass is 16.3. The number of aryl methyl sites for hydroxylation is 2. The number of piperidine rings is 1. The molecule has 1 aliphatic rings. The van der Waals surface area contributed by atoms with Gasteiger partial charge in [-0.1, -0.05) is 19.1 Å². The second-order valence-electron chi connectivity index (χ2n) is 5.79. The first-order valence-electron chi connectivity index (χ1n) is 6.98. The number of ketones is 1. The topological polar surface area (TPSA) is 40.5 Å². The molecule has 3 heteroatoms. The summed E-state index contributed by atoms with van der Waals surface area (Å²) in [6, 6.07) is 5.85. The van der Waals surface area contributed by atoms with E-state index < -0.39 is 0 Å². The van der Waals surface area contributed by atoms with Crippen molar-refractivity contribution in [3.8, 4) is 0 Å². The minimum absolute atomic E-state index is 0.143. The monoisotopic (exact) mass is 261 g/mol. The molecule has 1 N–H and O–H groups in total. The molecule has 0 radical (unpaired) electrons. The number of hydrogen-bond acceptors (Lipinski definition) is 3. The van der Waals surface area contributed by atoms with Crippen molar-refractivity contribution in [2.75, 3.05) is 19.6 Å². The number of rotatable bonds is 3. The molecule has 1 aromatic rings. The van der Waals surface area contributed by atoms with Crippen molar-refractivity contribution in [1.29, 1.82) is 0 Å². The zero-order chi connectivity index (χ0) is 14.0. The number of likely N-dealkylation sites (tertiary alicyclic amines) is 1. The third-order valence-corrected chi connectivity index (χ3v) is 4.20. The van der Waals surface area contributed by atoms with Crippen molar-refractivity contribution in [3.05, 3.63) is 34.9 Å². The standard InChI is InChI=1S/C16H23NO2/c1-11-4-5-14(8-13(11)3)16(19)10-17-7-6-12(2)15(18)9-17/h4-5,8,12,15,18H,6-7,9-10H2,1-3H3. The fourth-order valence-corrected chi connectivity index (χ4v) is 2.47. The number of benzene rings is 1. The molecular formula is C16H23NO2. The lowest BCUT2D eigenvalue weighted by Gasteiger charge is -2.33. The van der Waals surface area contributed by atoms with Crippen molar-refractivity contribution in [1.82, 2.24) is 4.90 Å². The van der Waals surface area contributed by atoms with Crippen LogP contribution in [0.2, 0.25) is 0 Å². The number of carbonyl (C=O) groups is 1. The van der Waals surface area contributed by atoms with Gasteiger partial charge in [-0.15, -0.1) is 0 Å². The Labute approximate surface area is 115 Å². The van der Waals surface area contributed by atoms with Crippen LogP contribution in [0.5, 0.6) is 0 Å². The molecule has 0 saturated carbocycles. The Morgan fingerprint density at radius 1 is 1.37 bits per heavy atom. The van der Waals surface area contributed by atoms with Gasteiger partial charge in [0.15, 0.2) is 5.78 Å². The zero-order valence-electron chi connectivity index (χ0n) is 12.0. The highest BCUT2D eigenvalue weighted by molar-refractivity contribution is 5.97. The maximum absolute atomic E-state index is 12.2. The summed E-state index contributed by atoms with van der Waals surface area (Å²) in [4.78, 5) is 14.3. The lowest BCUT2D eigenvalue weighted by atomic mass is 9.95. The Kier molecular flexibility index (Phi) is 4.38. The largest absolute Gasteiger partial charge is 0.392 e. The van der Waals surface area contributed by atoms with Gasteiger partial charge >= 0.3 is 0 Å². The van der Waals surface area contributed by atoms with Crippen LogP contribution in [-0.4, -0.2) is 41.5 Å². The first-order valence-corrected chi connectivity index (χ1v) is 6.98. The molecule has 1 heterocycles. The van der Waals surface area contributed by atoms with Gasteiger partial charge in [-0.25, -0.2) is 0 Å². The molecule has 1 saturated heterocycles. The maximum Gasteiger partial charge on any atom is 0.176 e. The van der Waals surface area contributed by atoms with E-state index in [-0.39, 0.29) is 11.9 Å². The lowest BCUT2D eigenvalue weighted by Crippen LogP contribution is -2.44. The molecule has 0 aliphatic carbocycles. The molecule has 2 rings (SSSR count). The smallest absolute Gasteiger partial charge is 0.176 e. The second-order valence-corrected chi connectivity index (χ2v) is 5.79. The molecule has 1 aliphatic heterocycles. The maximum atomic E-state index is 12.2. The number of nitrogens with zero attached hydrogens (tertiary/aromatic N) is 1. The molecule has 3 nitrogen and oxygen atoms in total. The molecule has 0 aromatic heterocycles. The Hall–Kier alpha value is -1.19. The van der Waals surface area contributed by atoms with Crippen LogP contribution in [0.25, 0.3) is 0 Å². The first-order chi connectivity index (χ1) is 8.97. The fraction of sp³-hybridized carbons (Fsp3) is 0.562. The van der Waals surface area contributed by atoms with E-state index in [9.17, 15) is 9.90 Å². The summed E-state index contributed by atoms with van der Waals surface area (Å²) in [5.41, 5.74) is 3.13. The van der Waals surface area contributed by atoms with Crippen molar-refractivity contribution in [2.24, 2.45) is 5.92 Å². The molecule has 1 aromatic carbocycles. The molecule has 2 atom stereocenters. The summed E-state index contributed by atoms with van der Waals surface area (Å²) in [5.74, 6) is 0.484. The Balaban J connectivity index is 1.99. The number of aliphatic hydroxyl groups excluding tert-OH is 1. The minimum atomic E-state index is -0.304. The van der Waals surface area contributed by atoms with Crippen LogP contribution < -0.4 is 0 Å². The highest BCUT2D eigenvalue weighted by Gasteiger charge is 2.25. The van der Waals surface area contributed by atoms with E-state index in [0.717, 1.165) is 24.1 Å². The summed E-state index contributed by atoms with van der Waals surface area (Å²) in [6.45, 7) is 8.05. The van der Waals surface area contributed by atoms with Gasteiger partial charge in [-0.3, -0.25) is 9.69 Å². The van der Waals surface area contributed by atoms with E-state index in [1.165, 1.54) is 5.56 Å². The number of hydrogen-bond donors (Lipinski definition) is 1.